The lowest BCUT2D eigenvalue weighted by molar-refractivity contribution is 0.402. The summed E-state index contributed by atoms with van der Waals surface area (Å²) in [6.07, 6.45) is 3.65. The molecule has 0 unspecified atom stereocenters. The van der Waals surface area contributed by atoms with Crippen LogP contribution in [0.4, 0.5) is 11.5 Å². The van der Waals surface area contributed by atoms with Gasteiger partial charge >= 0.3 is 0 Å². The third kappa shape index (κ3) is 4.80. The van der Waals surface area contributed by atoms with Gasteiger partial charge in [-0.3, -0.25) is 4.72 Å². The van der Waals surface area contributed by atoms with E-state index < -0.39 is 10.0 Å². The van der Waals surface area contributed by atoms with Crippen molar-refractivity contribution in [3.05, 3.63) is 60.2 Å². The zero-order valence-electron chi connectivity index (χ0n) is 17.7. The molecule has 0 saturated carbocycles. The number of nitrogens with zero attached hydrogens (tertiary/aromatic N) is 3. The number of sulfonamides is 1. The molecule has 2 aromatic carbocycles. The molecule has 1 aromatic heterocycles. The van der Waals surface area contributed by atoms with Gasteiger partial charge in [-0.05, 0) is 68.1 Å². The monoisotopic (exact) mass is 438 g/mol. The van der Waals surface area contributed by atoms with E-state index in [1.807, 2.05) is 37.3 Å². The molecule has 1 fully saturated rings. The van der Waals surface area contributed by atoms with Crippen LogP contribution in [0.15, 0.2) is 59.5 Å². The first-order valence-corrected chi connectivity index (χ1v) is 11.8. The second kappa shape index (κ2) is 8.93. The van der Waals surface area contributed by atoms with E-state index in [2.05, 4.69) is 19.8 Å². The molecule has 4 rings (SSSR count). The lowest BCUT2D eigenvalue weighted by Gasteiger charge is -2.27. The fourth-order valence-corrected chi connectivity index (χ4v) is 5.00. The molecular formula is C23H26N4O3S. The van der Waals surface area contributed by atoms with Crippen LogP contribution in [0.1, 0.15) is 24.8 Å². The van der Waals surface area contributed by atoms with E-state index in [0.29, 0.717) is 11.4 Å². The van der Waals surface area contributed by atoms with Gasteiger partial charge in [0.2, 0.25) is 0 Å². The van der Waals surface area contributed by atoms with Crippen LogP contribution < -0.4 is 14.4 Å². The number of aromatic nitrogens is 2. The predicted molar refractivity (Wildman–Crippen MR) is 122 cm³/mol. The zero-order chi connectivity index (χ0) is 21.8. The predicted octanol–water partition coefficient (Wildman–Crippen LogP) is 4.25. The van der Waals surface area contributed by atoms with Gasteiger partial charge in [0.25, 0.3) is 10.0 Å². The summed E-state index contributed by atoms with van der Waals surface area (Å²) in [5.74, 6) is 1.21. The summed E-state index contributed by atoms with van der Waals surface area (Å²) in [6, 6.07) is 16.1. The Labute approximate surface area is 183 Å². The van der Waals surface area contributed by atoms with E-state index >= 15 is 0 Å². The maximum atomic E-state index is 12.9. The number of hydrogen-bond donors (Lipinski definition) is 1. The van der Waals surface area contributed by atoms with Crippen molar-refractivity contribution in [2.75, 3.05) is 29.8 Å². The van der Waals surface area contributed by atoms with Crippen molar-refractivity contribution in [2.24, 2.45) is 0 Å². The minimum atomic E-state index is -3.78. The summed E-state index contributed by atoms with van der Waals surface area (Å²) < 4.78 is 33.5. The van der Waals surface area contributed by atoms with Crippen LogP contribution in [-0.2, 0) is 10.0 Å². The molecule has 0 amide bonds. The second-order valence-electron chi connectivity index (χ2n) is 7.66. The Morgan fingerprint density at radius 3 is 2.32 bits per heavy atom. The van der Waals surface area contributed by atoms with E-state index in [1.165, 1.54) is 26.4 Å². The molecule has 1 N–H and O–H groups in total. The molecule has 1 saturated heterocycles. The highest BCUT2D eigenvalue weighted by Gasteiger charge is 2.20. The van der Waals surface area contributed by atoms with Crippen LogP contribution in [0.3, 0.4) is 0 Å². The van der Waals surface area contributed by atoms with Crippen molar-refractivity contribution in [3.8, 4) is 17.0 Å². The van der Waals surface area contributed by atoms with Crippen molar-refractivity contribution < 1.29 is 13.2 Å². The van der Waals surface area contributed by atoms with Gasteiger partial charge in [-0.2, -0.15) is 0 Å². The van der Waals surface area contributed by atoms with Gasteiger partial charge in [-0.15, -0.1) is 10.2 Å². The summed E-state index contributed by atoms with van der Waals surface area (Å²) in [4.78, 5) is 2.37. The first-order valence-electron chi connectivity index (χ1n) is 10.3. The van der Waals surface area contributed by atoms with E-state index in [9.17, 15) is 8.42 Å². The molecule has 0 atom stereocenters. The van der Waals surface area contributed by atoms with Gasteiger partial charge in [0.1, 0.15) is 10.6 Å². The van der Waals surface area contributed by atoms with E-state index in [0.717, 1.165) is 35.7 Å². The van der Waals surface area contributed by atoms with E-state index in [4.69, 9.17) is 4.74 Å². The fraction of sp³-hybridized carbons (Fsp3) is 0.304. The quantitative estimate of drug-likeness (QED) is 0.619. The van der Waals surface area contributed by atoms with Gasteiger partial charge < -0.3 is 9.64 Å². The van der Waals surface area contributed by atoms with Crippen LogP contribution in [0.2, 0.25) is 0 Å². The smallest absolute Gasteiger partial charge is 0.265 e. The lowest BCUT2D eigenvalue weighted by Crippen LogP contribution is -2.30. The lowest BCUT2D eigenvalue weighted by atomic mass is 10.1. The van der Waals surface area contributed by atoms with Crippen molar-refractivity contribution in [3.63, 3.8) is 0 Å². The highest BCUT2D eigenvalue weighted by molar-refractivity contribution is 7.92. The second-order valence-corrected chi connectivity index (χ2v) is 9.31. The highest BCUT2D eigenvalue weighted by atomic mass is 32.2. The first kappa shape index (κ1) is 21.1. The number of rotatable bonds is 6. The minimum Gasteiger partial charge on any atom is -0.495 e. The van der Waals surface area contributed by atoms with E-state index in [-0.39, 0.29) is 4.90 Å². The number of aryl methyl sites for hydroxylation is 1. The molecule has 31 heavy (non-hydrogen) atoms. The van der Waals surface area contributed by atoms with Crippen LogP contribution in [-0.4, -0.2) is 38.8 Å². The highest BCUT2D eigenvalue weighted by Crippen LogP contribution is 2.28. The average Bonchev–Trinajstić information content (AvgIpc) is 2.80. The molecule has 7 nitrogen and oxygen atoms in total. The number of ether oxygens (including phenoxy) is 1. The van der Waals surface area contributed by atoms with Crippen LogP contribution in [0, 0.1) is 6.92 Å². The summed E-state index contributed by atoms with van der Waals surface area (Å²) in [7, 11) is -2.33. The number of anilines is 2. The Balaban J connectivity index is 1.50. The average molecular weight is 439 g/mol. The van der Waals surface area contributed by atoms with Crippen molar-refractivity contribution in [2.45, 2.75) is 31.1 Å². The minimum absolute atomic E-state index is 0.109. The normalized spacial score (nSPS) is 14.3. The van der Waals surface area contributed by atoms with Gasteiger partial charge in [0.05, 0.1) is 12.8 Å². The topological polar surface area (TPSA) is 84.4 Å². The fourth-order valence-electron chi connectivity index (χ4n) is 3.68. The standard InChI is InChI=1S/C23H26N4O3S/c1-17-6-12-21(30-2)22(16-17)31(28,29)26-19-9-7-18(8-10-19)20-11-13-23(25-24-20)27-14-4-3-5-15-27/h6-13,16,26H,3-5,14-15H2,1-2H3. The number of methoxy groups -OCH3 is 1. The van der Waals surface area contributed by atoms with Gasteiger partial charge in [0, 0.05) is 24.3 Å². The Hall–Kier alpha value is -3.13. The molecular weight excluding hydrogens is 412 g/mol. The molecule has 0 spiro atoms. The van der Waals surface area contributed by atoms with Crippen molar-refractivity contribution in [1.29, 1.82) is 0 Å². The summed E-state index contributed by atoms with van der Waals surface area (Å²) >= 11 is 0. The van der Waals surface area contributed by atoms with Gasteiger partial charge in [-0.1, -0.05) is 18.2 Å². The number of benzene rings is 2. The number of nitrogens with one attached hydrogen (secondary N) is 1. The first-order chi connectivity index (χ1) is 15.0. The van der Waals surface area contributed by atoms with Crippen molar-refractivity contribution in [1.82, 2.24) is 10.2 Å². The summed E-state index contributed by atoms with van der Waals surface area (Å²) in [5, 5.41) is 8.74. The van der Waals surface area contributed by atoms with Gasteiger partial charge in [-0.25, -0.2) is 8.42 Å². The Kier molecular flexibility index (Phi) is 6.08. The van der Waals surface area contributed by atoms with Gasteiger partial charge in [0.15, 0.2) is 5.82 Å². The SMILES string of the molecule is COc1ccc(C)cc1S(=O)(=O)Nc1ccc(-c2ccc(N3CCCCC3)nn2)cc1. The molecule has 0 bridgehead atoms. The van der Waals surface area contributed by atoms with Crippen molar-refractivity contribution >= 4 is 21.5 Å². The molecule has 1 aliphatic heterocycles. The third-order valence-corrected chi connectivity index (χ3v) is 6.77. The zero-order valence-corrected chi connectivity index (χ0v) is 18.5. The van der Waals surface area contributed by atoms with Crippen LogP contribution in [0.25, 0.3) is 11.3 Å². The summed E-state index contributed by atoms with van der Waals surface area (Å²) in [5.41, 5.74) is 2.91. The van der Waals surface area contributed by atoms with Crippen LogP contribution >= 0.6 is 0 Å². The number of piperidine rings is 1. The summed E-state index contributed by atoms with van der Waals surface area (Å²) in [6.45, 7) is 3.88. The Morgan fingerprint density at radius 2 is 1.68 bits per heavy atom. The molecule has 0 aliphatic carbocycles. The molecule has 2 heterocycles. The maximum Gasteiger partial charge on any atom is 0.265 e. The molecule has 3 aromatic rings. The number of hydrogen-bond acceptors (Lipinski definition) is 6. The van der Waals surface area contributed by atoms with E-state index in [1.54, 1.807) is 24.3 Å². The molecule has 0 radical (unpaired) electrons. The third-order valence-electron chi connectivity index (χ3n) is 5.37. The van der Waals surface area contributed by atoms with Crippen LogP contribution in [0.5, 0.6) is 5.75 Å². The largest absolute Gasteiger partial charge is 0.495 e. The molecule has 8 heteroatoms. The molecule has 162 valence electrons. The Bertz CT molecular complexity index is 1140. The maximum absolute atomic E-state index is 12.9. The Morgan fingerprint density at radius 1 is 0.935 bits per heavy atom. The molecule has 1 aliphatic rings.